The van der Waals surface area contributed by atoms with E-state index in [-0.39, 0.29) is 0 Å². The maximum Gasteiger partial charge on any atom is 0.0899 e. The van der Waals surface area contributed by atoms with Crippen molar-refractivity contribution in [3.05, 3.63) is 0 Å². The molecule has 0 bridgehead atoms. The Labute approximate surface area is 119 Å². The summed E-state index contributed by atoms with van der Waals surface area (Å²) in [6.45, 7) is 10.9. The second-order valence-corrected chi connectivity index (χ2v) is 5.69. The molecule has 2 N–H and O–H groups in total. The van der Waals surface area contributed by atoms with Crippen LogP contribution in [0.4, 0.5) is 0 Å². The van der Waals surface area contributed by atoms with Crippen LogP contribution in [0.5, 0.6) is 0 Å². The third-order valence-electron chi connectivity index (χ3n) is 3.91. The number of methoxy groups -OCH3 is 1. The standard InChI is InChI=1S/C15H34N2O2/c1-6-9-16-12-15(7-2,8-3)13-17(4)10-14(18)11-19-5/h14,16,18H,6-13H2,1-5H3. The smallest absolute Gasteiger partial charge is 0.0899 e. The molecule has 1 atom stereocenters. The zero-order chi connectivity index (χ0) is 14.7. The number of hydrogen-bond acceptors (Lipinski definition) is 4. The van der Waals surface area contributed by atoms with E-state index in [1.54, 1.807) is 7.11 Å². The average Bonchev–Trinajstić information content (AvgIpc) is 2.38. The minimum atomic E-state index is -0.398. The summed E-state index contributed by atoms with van der Waals surface area (Å²) in [7, 11) is 3.71. The van der Waals surface area contributed by atoms with E-state index < -0.39 is 6.10 Å². The number of aliphatic hydroxyl groups is 1. The predicted molar refractivity (Wildman–Crippen MR) is 81.6 cm³/mol. The van der Waals surface area contributed by atoms with Crippen LogP contribution in [0.15, 0.2) is 0 Å². The SMILES string of the molecule is CCCNCC(CC)(CC)CN(C)CC(O)COC. The van der Waals surface area contributed by atoms with E-state index in [4.69, 9.17) is 4.74 Å². The Morgan fingerprint density at radius 1 is 1.26 bits per heavy atom. The summed E-state index contributed by atoms with van der Waals surface area (Å²) < 4.78 is 4.98. The Balaban J connectivity index is 4.29. The maximum atomic E-state index is 9.79. The van der Waals surface area contributed by atoms with Gasteiger partial charge in [-0.2, -0.15) is 0 Å². The molecular weight excluding hydrogens is 240 g/mol. The number of ether oxygens (including phenoxy) is 1. The highest BCUT2D eigenvalue weighted by atomic mass is 16.5. The van der Waals surface area contributed by atoms with Gasteiger partial charge < -0.3 is 20.1 Å². The van der Waals surface area contributed by atoms with Gasteiger partial charge in [-0.3, -0.25) is 0 Å². The molecule has 0 aliphatic rings. The monoisotopic (exact) mass is 274 g/mol. The Bertz CT molecular complexity index is 208. The third kappa shape index (κ3) is 7.88. The Morgan fingerprint density at radius 2 is 1.89 bits per heavy atom. The van der Waals surface area contributed by atoms with Crippen molar-refractivity contribution in [3.63, 3.8) is 0 Å². The zero-order valence-electron chi connectivity index (χ0n) is 13.5. The summed E-state index contributed by atoms with van der Waals surface area (Å²) in [6.07, 6.45) is 3.09. The summed E-state index contributed by atoms with van der Waals surface area (Å²) in [5.74, 6) is 0. The lowest BCUT2D eigenvalue weighted by Crippen LogP contribution is -2.45. The fourth-order valence-corrected chi connectivity index (χ4v) is 2.55. The number of nitrogens with zero attached hydrogens (tertiary/aromatic N) is 1. The second kappa shape index (κ2) is 10.6. The van der Waals surface area contributed by atoms with Gasteiger partial charge >= 0.3 is 0 Å². The maximum absolute atomic E-state index is 9.79. The molecule has 0 fully saturated rings. The highest BCUT2D eigenvalue weighted by molar-refractivity contribution is 4.82. The van der Waals surface area contributed by atoms with Crippen LogP contribution >= 0.6 is 0 Å². The van der Waals surface area contributed by atoms with Gasteiger partial charge in [0.1, 0.15) is 0 Å². The lowest BCUT2D eigenvalue weighted by Gasteiger charge is -2.36. The summed E-state index contributed by atoms with van der Waals surface area (Å²) >= 11 is 0. The summed E-state index contributed by atoms with van der Waals surface area (Å²) in [5, 5.41) is 13.3. The Kier molecular flexibility index (Phi) is 10.5. The molecule has 1 unspecified atom stereocenters. The minimum Gasteiger partial charge on any atom is -0.389 e. The first-order valence-corrected chi connectivity index (χ1v) is 7.59. The molecule has 0 aliphatic carbocycles. The molecule has 0 aliphatic heterocycles. The van der Waals surface area contributed by atoms with Crippen LogP contribution in [0.3, 0.4) is 0 Å². The number of hydrogen-bond donors (Lipinski definition) is 2. The summed E-state index contributed by atoms with van der Waals surface area (Å²) in [6, 6.07) is 0. The Hall–Kier alpha value is -0.160. The predicted octanol–water partition coefficient (Wildman–Crippen LogP) is 1.73. The van der Waals surface area contributed by atoms with Crippen LogP contribution in [0.2, 0.25) is 0 Å². The molecule has 0 aromatic heterocycles. The van der Waals surface area contributed by atoms with Crippen LogP contribution in [-0.2, 0) is 4.74 Å². The highest BCUT2D eigenvalue weighted by Gasteiger charge is 2.27. The van der Waals surface area contributed by atoms with Gasteiger partial charge in [-0.25, -0.2) is 0 Å². The first kappa shape index (κ1) is 18.8. The fraction of sp³-hybridized carbons (Fsp3) is 1.00. The molecule has 4 nitrogen and oxygen atoms in total. The van der Waals surface area contributed by atoms with Gasteiger partial charge in [0, 0.05) is 26.7 Å². The molecular formula is C15H34N2O2. The van der Waals surface area contributed by atoms with E-state index in [0.717, 1.165) is 32.5 Å². The lowest BCUT2D eigenvalue weighted by atomic mass is 9.81. The van der Waals surface area contributed by atoms with Gasteiger partial charge in [0.15, 0.2) is 0 Å². The number of rotatable bonds is 12. The van der Waals surface area contributed by atoms with Crippen LogP contribution in [-0.4, -0.2) is 63.1 Å². The van der Waals surface area contributed by atoms with Crippen molar-refractivity contribution in [3.8, 4) is 0 Å². The third-order valence-corrected chi connectivity index (χ3v) is 3.91. The van der Waals surface area contributed by atoms with E-state index in [1.165, 1.54) is 6.42 Å². The van der Waals surface area contributed by atoms with Gasteiger partial charge in [-0.1, -0.05) is 20.8 Å². The summed E-state index contributed by atoms with van der Waals surface area (Å²) in [4.78, 5) is 2.23. The van der Waals surface area contributed by atoms with Crippen LogP contribution < -0.4 is 5.32 Å². The van der Waals surface area contributed by atoms with Gasteiger partial charge in [-0.05, 0) is 38.3 Å². The number of likely N-dealkylation sites (N-methyl/N-ethyl adjacent to an activating group) is 1. The average molecular weight is 274 g/mol. The van der Waals surface area contributed by atoms with Gasteiger partial charge in [-0.15, -0.1) is 0 Å². The molecule has 0 saturated carbocycles. The molecule has 0 heterocycles. The molecule has 0 saturated heterocycles. The molecule has 4 heteroatoms. The summed E-state index contributed by atoms with van der Waals surface area (Å²) in [5.41, 5.74) is 0.302. The first-order valence-electron chi connectivity index (χ1n) is 7.59. The van der Waals surface area contributed by atoms with Crippen molar-refractivity contribution < 1.29 is 9.84 Å². The topological polar surface area (TPSA) is 44.7 Å². The van der Waals surface area contributed by atoms with Crippen LogP contribution in [0, 0.1) is 5.41 Å². The number of nitrogens with one attached hydrogen (secondary N) is 1. The van der Waals surface area contributed by atoms with Crippen molar-refractivity contribution in [2.75, 3.05) is 46.9 Å². The van der Waals surface area contributed by atoms with E-state index in [1.807, 2.05) is 0 Å². The molecule has 0 amide bonds. The molecule has 116 valence electrons. The van der Waals surface area contributed by atoms with E-state index >= 15 is 0 Å². The van der Waals surface area contributed by atoms with Crippen molar-refractivity contribution in [1.82, 2.24) is 10.2 Å². The van der Waals surface area contributed by atoms with E-state index in [9.17, 15) is 5.11 Å². The second-order valence-electron chi connectivity index (χ2n) is 5.69. The fourth-order valence-electron chi connectivity index (χ4n) is 2.55. The largest absolute Gasteiger partial charge is 0.389 e. The molecule has 0 spiro atoms. The lowest BCUT2D eigenvalue weighted by molar-refractivity contribution is 0.0319. The van der Waals surface area contributed by atoms with Crippen molar-refractivity contribution in [1.29, 1.82) is 0 Å². The van der Waals surface area contributed by atoms with Gasteiger partial charge in [0.25, 0.3) is 0 Å². The Morgan fingerprint density at radius 3 is 2.37 bits per heavy atom. The quantitative estimate of drug-likeness (QED) is 0.532. The van der Waals surface area contributed by atoms with Gasteiger partial charge in [0.05, 0.1) is 12.7 Å². The van der Waals surface area contributed by atoms with Crippen molar-refractivity contribution >= 4 is 0 Å². The van der Waals surface area contributed by atoms with Crippen molar-refractivity contribution in [2.45, 2.75) is 46.1 Å². The first-order chi connectivity index (χ1) is 9.03. The minimum absolute atomic E-state index is 0.302. The van der Waals surface area contributed by atoms with Crippen molar-refractivity contribution in [2.24, 2.45) is 5.41 Å². The van der Waals surface area contributed by atoms with E-state index in [0.29, 0.717) is 18.6 Å². The normalized spacial score (nSPS) is 14.1. The highest BCUT2D eigenvalue weighted by Crippen LogP contribution is 2.26. The molecule has 19 heavy (non-hydrogen) atoms. The molecule has 0 radical (unpaired) electrons. The number of aliphatic hydroxyl groups excluding tert-OH is 1. The van der Waals surface area contributed by atoms with Crippen LogP contribution in [0.1, 0.15) is 40.0 Å². The van der Waals surface area contributed by atoms with Gasteiger partial charge in [0.2, 0.25) is 0 Å². The molecule has 0 aromatic rings. The molecule has 0 rings (SSSR count). The van der Waals surface area contributed by atoms with E-state index in [2.05, 4.69) is 38.0 Å². The van der Waals surface area contributed by atoms with Crippen LogP contribution in [0.25, 0.3) is 0 Å². The molecule has 0 aromatic carbocycles. The zero-order valence-corrected chi connectivity index (χ0v) is 13.5.